The smallest absolute Gasteiger partial charge is 0.161 e. The number of likely N-dealkylation sites (N-methyl/N-ethyl adjacent to an activating group) is 2. The summed E-state index contributed by atoms with van der Waals surface area (Å²) in [6.07, 6.45) is 5.85. The van der Waals surface area contributed by atoms with Gasteiger partial charge in [0.05, 0.1) is 0 Å². The monoisotopic (exact) mass is 634 g/mol. The van der Waals surface area contributed by atoms with Crippen molar-refractivity contribution in [2.45, 2.75) is 82.5 Å². The summed E-state index contributed by atoms with van der Waals surface area (Å²) in [5.74, 6) is 8.31. The summed E-state index contributed by atoms with van der Waals surface area (Å²) in [6.45, 7) is 9.26. The highest BCUT2D eigenvalue weighted by molar-refractivity contribution is 8.15. The minimum Gasteiger partial charge on any atom is -0.459 e. The van der Waals surface area contributed by atoms with E-state index in [0.717, 1.165) is 23.5 Å². The second kappa shape index (κ2) is 10.1. The third-order valence-electron chi connectivity index (χ3n) is 12.2. The third kappa shape index (κ3) is 4.61. The van der Waals surface area contributed by atoms with Crippen LogP contribution in [0.4, 0.5) is 11.4 Å². The topological polar surface area (TPSA) is 15.7 Å². The largest absolute Gasteiger partial charge is 0.459 e. The molecule has 5 heteroatoms. The van der Waals surface area contributed by atoms with Crippen molar-refractivity contribution in [1.82, 2.24) is 0 Å². The van der Waals surface area contributed by atoms with Crippen LogP contribution in [0.2, 0.25) is 0 Å². The zero-order valence-corrected chi connectivity index (χ0v) is 29.4. The summed E-state index contributed by atoms with van der Waals surface area (Å²) in [4.78, 5) is 4.65. The number of allylic oxidation sites excluding steroid dienone is 2. The molecule has 0 atom stereocenters. The summed E-state index contributed by atoms with van der Waals surface area (Å²) >= 11 is 6.72. The minimum atomic E-state index is -2.68. The lowest BCUT2D eigenvalue weighted by atomic mass is 9.48. The molecule has 2 aliphatic heterocycles. The summed E-state index contributed by atoms with van der Waals surface area (Å²) in [6, 6.07) is 26.7. The van der Waals surface area contributed by atoms with Gasteiger partial charge >= 0.3 is 0 Å². The number of fused-ring (bicyclic) bond motifs is 2. The van der Waals surface area contributed by atoms with E-state index in [1.54, 1.807) is 0 Å². The van der Waals surface area contributed by atoms with E-state index in [4.69, 9.17) is 16.3 Å². The average molecular weight is 635 g/mol. The van der Waals surface area contributed by atoms with E-state index in [1.807, 2.05) is 0 Å². The van der Waals surface area contributed by atoms with Crippen LogP contribution in [-0.4, -0.2) is 14.1 Å². The number of nitrogens with zero attached hydrogens (tertiary/aromatic N) is 2. The molecule has 6 aliphatic rings. The Morgan fingerprint density at radius 3 is 1.51 bits per heavy atom. The van der Waals surface area contributed by atoms with Crippen molar-refractivity contribution in [3.8, 4) is 5.75 Å². The maximum atomic E-state index is 7.10. The zero-order chi connectivity index (χ0) is 31.4. The molecular weight excluding hydrogens is 587 g/mol. The fourth-order valence-electron chi connectivity index (χ4n) is 10.4. The van der Waals surface area contributed by atoms with Crippen molar-refractivity contribution < 1.29 is 4.52 Å². The van der Waals surface area contributed by atoms with Crippen molar-refractivity contribution in [3.63, 3.8) is 0 Å². The standard InChI is InChI=1S/C40H47N2OPS/c1-38(2)32-11-7-9-13-34(32)41(5)36(38)25-44(45,26-37-39(3,4)33-12-8-10-14-35(33)42(37)6)43-31-17-15-30(16-18-31)40-22-27-19-28(23-40)21-29(20-27)24-40/h7-18,25-29H,19-24H2,1-6H3. The van der Waals surface area contributed by atoms with Crippen LogP contribution < -0.4 is 14.3 Å². The molecule has 234 valence electrons. The van der Waals surface area contributed by atoms with E-state index in [2.05, 4.69) is 136 Å². The quantitative estimate of drug-likeness (QED) is 0.260. The molecule has 45 heavy (non-hydrogen) atoms. The molecule has 0 spiro atoms. The van der Waals surface area contributed by atoms with Crippen molar-refractivity contribution in [1.29, 1.82) is 0 Å². The Bertz CT molecular complexity index is 1660. The van der Waals surface area contributed by atoms with Gasteiger partial charge in [0, 0.05) is 59.3 Å². The highest BCUT2D eigenvalue weighted by atomic mass is 32.4. The zero-order valence-electron chi connectivity index (χ0n) is 27.7. The molecule has 4 saturated carbocycles. The molecule has 0 N–H and O–H groups in total. The van der Waals surface area contributed by atoms with E-state index >= 15 is 0 Å². The van der Waals surface area contributed by atoms with Crippen LogP contribution in [0.5, 0.6) is 5.75 Å². The Kier molecular flexibility index (Phi) is 6.64. The van der Waals surface area contributed by atoms with Gasteiger partial charge < -0.3 is 14.3 Å². The molecule has 3 aromatic carbocycles. The van der Waals surface area contributed by atoms with E-state index in [0.29, 0.717) is 5.41 Å². The van der Waals surface area contributed by atoms with Gasteiger partial charge in [-0.25, -0.2) is 0 Å². The second-order valence-electron chi connectivity index (χ2n) is 15.9. The van der Waals surface area contributed by atoms with Gasteiger partial charge in [-0.05, 0) is 114 Å². The van der Waals surface area contributed by atoms with Crippen molar-refractivity contribution in [3.05, 3.63) is 113 Å². The van der Waals surface area contributed by atoms with Gasteiger partial charge in [0.1, 0.15) is 5.75 Å². The van der Waals surface area contributed by atoms with Gasteiger partial charge in [0.2, 0.25) is 0 Å². The molecule has 3 nitrogen and oxygen atoms in total. The molecule has 0 aromatic heterocycles. The average Bonchev–Trinajstić information content (AvgIpc) is 3.31. The van der Waals surface area contributed by atoms with Gasteiger partial charge in [0.15, 0.2) is 6.26 Å². The highest BCUT2D eigenvalue weighted by Gasteiger charge is 2.51. The van der Waals surface area contributed by atoms with Crippen LogP contribution in [0, 0.1) is 17.8 Å². The molecule has 0 radical (unpaired) electrons. The molecule has 2 heterocycles. The normalized spacial score (nSPS) is 31.7. The van der Waals surface area contributed by atoms with Gasteiger partial charge in [0.25, 0.3) is 0 Å². The van der Waals surface area contributed by atoms with Crippen LogP contribution in [-0.2, 0) is 28.1 Å². The number of para-hydroxylation sites is 2. The van der Waals surface area contributed by atoms with E-state index in [9.17, 15) is 0 Å². The first-order valence-corrected chi connectivity index (χ1v) is 19.8. The molecule has 0 saturated heterocycles. The number of benzene rings is 3. The lowest BCUT2D eigenvalue weighted by Crippen LogP contribution is -2.48. The maximum Gasteiger partial charge on any atom is 0.161 e. The van der Waals surface area contributed by atoms with E-state index in [-0.39, 0.29) is 10.8 Å². The Labute approximate surface area is 275 Å². The Morgan fingerprint density at radius 2 is 1.09 bits per heavy atom. The van der Waals surface area contributed by atoms with Crippen molar-refractivity contribution >= 4 is 29.4 Å². The first-order chi connectivity index (χ1) is 21.4. The number of rotatable bonds is 5. The minimum absolute atomic E-state index is 0.181. The summed E-state index contributed by atoms with van der Waals surface area (Å²) < 4.78 is 7.10. The van der Waals surface area contributed by atoms with Crippen molar-refractivity contribution in [2.75, 3.05) is 23.9 Å². The molecule has 0 amide bonds. The lowest BCUT2D eigenvalue weighted by Gasteiger charge is -2.57. The molecular formula is C40H47N2OPS. The van der Waals surface area contributed by atoms with Crippen molar-refractivity contribution in [2.24, 2.45) is 17.8 Å². The summed E-state index contributed by atoms with van der Waals surface area (Å²) in [7, 11) is 4.35. The van der Waals surface area contributed by atoms with E-state index in [1.165, 1.54) is 78.0 Å². The molecule has 3 aromatic rings. The van der Waals surface area contributed by atoms with Crippen LogP contribution in [0.25, 0.3) is 0 Å². The van der Waals surface area contributed by atoms with Gasteiger partial charge in [-0.15, -0.1) is 0 Å². The lowest BCUT2D eigenvalue weighted by molar-refractivity contribution is -0.00519. The Hall–Kier alpha value is -2.81. The third-order valence-corrected chi connectivity index (χ3v) is 14.8. The first kappa shape index (κ1) is 29.6. The van der Waals surface area contributed by atoms with Gasteiger partial charge in [-0.1, -0.05) is 76.2 Å². The summed E-state index contributed by atoms with van der Waals surface area (Å²) in [5, 5.41) is 0. The van der Waals surface area contributed by atoms with Crippen LogP contribution >= 0.6 is 6.26 Å². The Balaban J connectivity index is 1.19. The number of hydrogen-bond acceptors (Lipinski definition) is 4. The maximum absolute atomic E-state index is 7.10. The Morgan fingerprint density at radius 1 is 0.667 bits per heavy atom. The molecule has 4 bridgehead atoms. The van der Waals surface area contributed by atoms with Gasteiger partial charge in [-0.3, -0.25) is 0 Å². The molecule has 9 rings (SSSR count). The fourth-order valence-corrected chi connectivity index (χ4v) is 13.6. The van der Waals surface area contributed by atoms with Gasteiger partial charge in [-0.2, -0.15) is 0 Å². The van der Waals surface area contributed by atoms with E-state index < -0.39 is 6.26 Å². The number of hydrogen-bond donors (Lipinski definition) is 0. The van der Waals surface area contributed by atoms with Crippen LogP contribution in [0.15, 0.2) is 95.8 Å². The molecule has 0 unspecified atom stereocenters. The highest BCUT2D eigenvalue weighted by Crippen LogP contribution is 2.62. The summed E-state index contributed by atoms with van der Waals surface area (Å²) in [5.41, 5.74) is 9.12. The van der Waals surface area contributed by atoms with Crippen LogP contribution in [0.3, 0.4) is 0 Å². The van der Waals surface area contributed by atoms with Crippen LogP contribution in [0.1, 0.15) is 82.9 Å². The molecule has 4 aliphatic carbocycles. The SMILES string of the molecule is CN1C(=CP(=S)(C=C2N(C)c3ccccc3C2(C)C)Oc2ccc(C34CC5CC(CC(C5)C3)C4)cc2)C(C)(C)c2ccccc21. The predicted octanol–water partition coefficient (Wildman–Crippen LogP) is 10.5. The molecule has 4 fully saturated rings. The first-order valence-electron chi connectivity index (χ1n) is 16.9. The number of anilines is 2. The predicted molar refractivity (Wildman–Crippen MR) is 193 cm³/mol. The second-order valence-corrected chi connectivity index (χ2v) is 19.6. The fraction of sp³-hybridized carbons (Fsp3) is 0.450.